The van der Waals surface area contributed by atoms with Crippen LogP contribution in [0.3, 0.4) is 0 Å². The van der Waals surface area contributed by atoms with Crippen LogP contribution in [-0.2, 0) is 9.47 Å². The maximum absolute atomic E-state index is 6.04. The molecule has 0 aliphatic carbocycles. The van der Waals surface area contributed by atoms with Gasteiger partial charge in [0.15, 0.2) is 23.0 Å². The zero-order valence-corrected chi connectivity index (χ0v) is 14.9. The molecule has 0 amide bonds. The number of hydrogen-bond acceptors (Lipinski definition) is 8. The zero-order valence-electron chi connectivity index (χ0n) is 14.9. The Balaban J connectivity index is 1.13. The fourth-order valence-electron chi connectivity index (χ4n) is 3.88. The second-order valence-corrected chi connectivity index (χ2v) is 7.00. The Morgan fingerprint density at radius 3 is 1.57 bits per heavy atom. The summed E-state index contributed by atoms with van der Waals surface area (Å²) >= 11 is 0. The lowest BCUT2D eigenvalue weighted by Gasteiger charge is -2.18. The van der Waals surface area contributed by atoms with Gasteiger partial charge in [-0.15, -0.1) is 0 Å². The van der Waals surface area contributed by atoms with Gasteiger partial charge in [-0.05, 0) is 24.3 Å². The Labute approximate surface area is 160 Å². The van der Waals surface area contributed by atoms with Crippen LogP contribution in [0.1, 0.15) is 0 Å². The Morgan fingerprint density at radius 1 is 0.607 bits per heavy atom. The van der Waals surface area contributed by atoms with Gasteiger partial charge < -0.3 is 37.9 Å². The van der Waals surface area contributed by atoms with Crippen molar-refractivity contribution in [1.82, 2.24) is 0 Å². The Kier molecular flexibility index (Phi) is 3.66. The van der Waals surface area contributed by atoms with E-state index in [-0.39, 0.29) is 25.4 Å². The second-order valence-electron chi connectivity index (χ2n) is 7.00. The molecule has 0 bridgehead atoms. The summed E-state index contributed by atoms with van der Waals surface area (Å²) in [6.07, 6.45) is -0.786. The molecule has 0 saturated carbocycles. The highest BCUT2D eigenvalue weighted by Gasteiger charge is 2.50. The summed E-state index contributed by atoms with van der Waals surface area (Å²) in [5.41, 5.74) is 0. The molecule has 4 aliphatic heterocycles. The first kappa shape index (κ1) is 16.1. The van der Waals surface area contributed by atoms with Crippen molar-refractivity contribution >= 4 is 0 Å². The van der Waals surface area contributed by atoms with Crippen LogP contribution in [-0.4, -0.2) is 39.4 Å². The summed E-state index contributed by atoms with van der Waals surface area (Å²) in [6, 6.07) is 11.0. The van der Waals surface area contributed by atoms with Gasteiger partial charge in [0.25, 0.3) is 0 Å². The number of ether oxygens (including phenoxy) is 8. The molecule has 0 aromatic heterocycles. The van der Waals surface area contributed by atoms with E-state index in [0.29, 0.717) is 36.2 Å². The minimum atomic E-state index is -0.393. The third-order valence-electron chi connectivity index (χ3n) is 5.35. The van der Waals surface area contributed by atoms with Gasteiger partial charge in [0, 0.05) is 12.1 Å². The van der Waals surface area contributed by atoms with Gasteiger partial charge in [-0.2, -0.15) is 0 Å². The van der Waals surface area contributed by atoms with Crippen molar-refractivity contribution in [3.63, 3.8) is 0 Å². The molecule has 2 saturated heterocycles. The van der Waals surface area contributed by atoms with Crippen LogP contribution in [0.2, 0.25) is 0 Å². The third-order valence-corrected chi connectivity index (χ3v) is 5.35. The van der Waals surface area contributed by atoms with Crippen molar-refractivity contribution in [2.45, 2.75) is 12.6 Å². The molecule has 4 aliphatic rings. The molecule has 0 N–H and O–H groups in total. The van der Waals surface area contributed by atoms with Gasteiger partial charge in [-0.3, -0.25) is 0 Å². The average Bonchev–Trinajstić information content (AvgIpc) is 3.47. The molecule has 0 radical (unpaired) electrons. The molecule has 2 aromatic rings. The minimum absolute atomic E-state index is 0.0874. The highest BCUT2D eigenvalue weighted by Crippen LogP contribution is 2.42. The highest BCUT2D eigenvalue weighted by atomic mass is 16.7. The average molecular weight is 386 g/mol. The standard InChI is InChI=1S/C20H18O8/c1-3-15-17(25-9-23-15)5-11(1)27-19-13-7-22-20(14(13)8-21-19)28-12-2-4-16-18(6-12)26-10-24-16/h1-6,13-14,19-20H,7-10H2. The van der Waals surface area contributed by atoms with Crippen molar-refractivity contribution in [3.8, 4) is 34.5 Å². The van der Waals surface area contributed by atoms with E-state index in [2.05, 4.69) is 0 Å². The number of rotatable bonds is 4. The molecule has 6 rings (SSSR count). The van der Waals surface area contributed by atoms with E-state index in [1.165, 1.54) is 0 Å². The first-order valence-electron chi connectivity index (χ1n) is 9.19. The summed E-state index contributed by atoms with van der Waals surface area (Å²) < 4.78 is 45.3. The number of benzene rings is 2. The molecule has 2 fully saturated rings. The molecule has 8 heteroatoms. The summed E-state index contributed by atoms with van der Waals surface area (Å²) in [5.74, 6) is 4.33. The van der Waals surface area contributed by atoms with Crippen LogP contribution in [0.15, 0.2) is 36.4 Å². The van der Waals surface area contributed by atoms with Crippen LogP contribution in [0.4, 0.5) is 0 Å². The predicted octanol–water partition coefficient (Wildman–Crippen LogP) is 2.55. The van der Waals surface area contributed by atoms with Crippen molar-refractivity contribution in [3.05, 3.63) is 36.4 Å². The molecule has 4 atom stereocenters. The molecule has 8 nitrogen and oxygen atoms in total. The maximum atomic E-state index is 6.04. The fraction of sp³-hybridized carbons (Fsp3) is 0.400. The molecule has 146 valence electrons. The molecule has 28 heavy (non-hydrogen) atoms. The van der Waals surface area contributed by atoms with Gasteiger partial charge in [-0.1, -0.05) is 0 Å². The van der Waals surface area contributed by atoms with Gasteiger partial charge in [-0.25, -0.2) is 0 Å². The Hall–Kier alpha value is -2.84. The van der Waals surface area contributed by atoms with E-state index < -0.39 is 12.6 Å². The van der Waals surface area contributed by atoms with Crippen LogP contribution in [0.25, 0.3) is 0 Å². The summed E-state index contributed by atoms with van der Waals surface area (Å²) in [4.78, 5) is 0. The monoisotopic (exact) mass is 386 g/mol. The van der Waals surface area contributed by atoms with Crippen LogP contribution in [0.5, 0.6) is 34.5 Å². The fourth-order valence-corrected chi connectivity index (χ4v) is 3.88. The van der Waals surface area contributed by atoms with E-state index in [1.807, 2.05) is 36.4 Å². The topological polar surface area (TPSA) is 73.8 Å². The smallest absolute Gasteiger partial charge is 0.231 e. The molecular weight excluding hydrogens is 368 g/mol. The maximum Gasteiger partial charge on any atom is 0.231 e. The van der Waals surface area contributed by atoms with Crippen LogP contribution in [0, 0.1) is 11.8 Å². The van der Waals surface area contributed by atoms with E-state index in [1.54, 1.807) is 0 Å². The SMILES string of the molecule is c1cc2c(cc1OC1OCC3C(Oc4ccc5c(c4)OCO5)OCC13)OCO2. The lowest BCUT2D eigenvalue weighted by atomic mass is 9.98. The van der Waals surface area contributed by atoms with Crippen molar-refractivity contribution in [2.24, 2.45) is 11.8 Å². The van der Waals surface area contributed by atoms with E-state index in [0.717, 1.165) is 11.5 Å². The van der Waals surface area contributed by atoms with Crippen molar-refractivity contribution in [2.75, 3.05) is 26.8 Å². The minimum Gasteiger partial charge on any atom is -0.464 e. The van der Waals surface area contributed by atoms with Gasteiger partial charge in [0.1, 0.15) is 11.5 Å². The zero-order chi connectivity index (χ0) is 18.5. The van der Waals surface area contributed by atoms with Gasteiger partial charge in [0.2, 0.25) is 26.2 Å². The molecular formula is C20H18O8. The number of fused-ring (bicyclic) bond motifs is 3. The highest BCUT2D eigenvalue weighted by molar-refractivity contribution is 5.47. The van der Waals surface area contributed by atoms with Gasteiger partial charge in [0.05, 0.1) is 25.0 Å². The van der Waals surface area contributed by atoms with Crippen molar-refractivity contribution in [1.29, 1.82) is 0 Å². The second kappa shape index (κ2) is 6.35. The van der Waals surface area contributed by atoms with E-state index in [9.17, 15) is 0 Å². The van der Waals surface area contributed by atoms with Gasteiger partial charge >= 0.3 is 0 Å². The Morgan fingerprint density at radius 2 is 1.07 bits per heavy atom. The first-order valence-corrected chi connectivity index (χ1v) is 9.19. The summed E-state index contributed by atoms with van der Waals surface area (Å²) in [5, 5.41) is 0. The lowest BCUT2D eigenvalue weighted by Crippen LogP contribution is -2.28. The third kappa shape index (κ3) is 2.68. The molecule has 0 spiro atoms. The van der Waals surface area contributed by atoms with Crippen LogP contribution < -0.4 is 28.4 Å². The summed E-state index contributed by atoms with van der Waals surface area (Å²) in [6.45, 7) is 1.48. The van der Waals surface area contributed by atoms with Crippen molar-refractivity contribution < 1.29 is 37.9 Å². The van der Waals surface area contributed by atoms with Crippen LogP contribution >= 0.6 is 0 Å². The molecule has 4 heterocycles. The molecule has 2 aromatic carbocycles. The summed E-state index contributed by atoms with van der Waals surface area (Å²) in [7, 11) is 0. The van der Waals surface area contributed by atoms with E-state index >= 15 is 0 Å². The Bertz CT molecular complexity index is 826. The van der Waals surface area contributed by atoms with E-state index in [4.69, 9.17) is 37.9 Å². The quantitative estimate of drug-likeness (QED) is 0.794. The predicted molar refractivity (Wildman–Crippen MR) is 92.8 cm³/mol. The largest absolute Gasteiger partial charge is 0.464 e. The lowest BCUT2D eigenvalue weighted by molar-refractivity contribution is -0.106. The normalized spacial score (nSPS) is 29.0. The first-order chi connectivity index (χ1) is 13.8. The number of hydrogen-bond donors (Lipinski definition) is 0. The molecule has 4 unspecified atom stereocenters.